The molecule has 1 aliphatic rings. The van der Waals surface area contributed by atoms with Gasteiger partial charge in [0.2, 0.25) is 11.8 Å². The van der Waals surface area contributed by atoms with Crippen molar-refractivity contribution in [1.29, 1.82) is 0 Å². The first-order chi connectivity index (χ1) is 9.13. The zero-order valence-corrected chi connectivity index (χ0v) is 13.0. The van der Waals surface area contributed by atoms with Crippen molar-refractivity contribution in [2.75, 3.05) is 11.4 Å². The summed E-state index contributed by atoms with van der Waals surface area (Å²) < 4.78 is 1.03. The van der Waals surface area contributed by atoms with Crippen molar-refractivity contribution in [3.05, 3.63) is 27.8 Å². The highest BCUT2D eigenvalue weighted by Crippen LogP contribution is 2.24. The Hall–Kier alpha value is -1.11. The van der Waals surface area contributed by atoms with Crippen LogP contribution >= 0.6 is 22.6 Å². The molecule has 1 aromatic rings. The van der Waals surface area contributed by atoms with Gasteiger partial charge in [0, 0.05) is 16.5 Å². The molecular formula is C14H17IN2O2. The number of nitrogens with zero attached hydrogens (tertiary/aromatic N) is 1. The second-order valence-corrected chi connectivity index (χ2v) is 5.76. The lowest BCUT2D eigenvalue weighted by Gasteiger charge is -2.24. The van der Waals surface area contributed by atoms with Gasteiger partial charge >= 0.3 is 0 Å². The molecule has 0 saturated carbocycles. The van der Waals surface area contributed by atoms with E-state index in [-0.39, 0.29) is 11.8 Å². The summed E-state index contributed by atoms with van der Waals surface area (Å²) in [6.07, 6.45) is 1.91. The highest BCUT2D eigenvalue weighted by atomic mass is 127. The van der Waals surface area contributed by atoms with Gasteiger partial charge in [0.1, 0.15) is 6.04 Å². The molecular weight excluding hydrogens is 355 g/mol. The van der Waals surface area contributed by atoms with Crippen molar-refractivity contribution in [2.45, 2.75) is 32.2 Å². The van der Waals surface area contributed by atoms with Gasteiger partial charge in [-0.3, -0.25) is 9.59 Å². The molecule has 1 aromatic carbocycles. The van der Waals surface area contributed by atoms with Crippen LogP contribution in [-0.4, -0.2) is 24.4 Å². The third-order valence-electron chi connectivity index (χ3n) is 3.18. The van der Waals surface area contributed by atoms with Crippen molar-refractivity contribution in [3.63, 3.8) is 0 Å². The Labute approximate surface area is 126 Å². The quantitative estimate of drug-likeness (QED) is 0.828. The van der Waals surface area contributed by atoms with Crippen LogP contribution in [0.2, 0.25) is 0 Å². The van der Waals surface area contributed by atoms with Crippen LogP contribution in [0.5, 0.6) is 0 Å². The topological polar surface area (TPSA) is 49.4 Å². The monoisotopic (exact) mass is 372 g/mol. The van der Waals surface area contributed by atoms with Crippen LogP contribution in [0.25, 0.3) is 0 Å². The van der Waals surface area contributed by atoms with Gasteiger partial charge in [0.15, 0.2) is 0 Å². The molecule has 0 radical (unpaired) electrons. The molecule has 5 heteroatoms. The van der Waals surface area contributed by atoms with Gasteiger partial charge in [-0.05, 0) is 41.1 Å². The summed E-state index contributed by atoms with van der Waals surface area (Å²) >= 11 is 2.22. The van der Waals surface area contributed by atoms with Crippen LogP contribution in [0.15, 0.2) is 24.3 Å². The van der Waals surface area contributed by atoms with Crippen LogP contribution in [0.4, 0.5) is 5.69 Å². The van der Waals surface area contributed by atoms with E-state index < -0.39 is 6.04 Å². The van der Waals surface area contributed by atoms with Crippen molar-refractivity contribution in [3.8, 4) is 0 Å². The number of amides is 2. The second-order valence-electron chi connectivity index (χ2n) is 4.60. The van der Waals surface area contributed by atoms with Crippen LogP contribution in [0.1, 0.15) is 26.2 Å². The molecule has 1 N–H and O–H groups in total. The van der Waals surface area contributed by atoms with Crippen LogP contribution < -0.4 is 10.2 Å². The highest BCUT2D eigenvalue weighted by Gasteiger charge is 2.30. The molecule has 1 fully saturated rings. The standard InChI is InChI=1S/C14H17IN2O2/c1-2-5-11-14(19)17(9-8-13(18)16-11)12-7-4-3-6-10(12)15/h3-4,6-7,11H,2,5,8-9H2,1H3,(H,16,18). The lowest BCUT2D eigenvalue weighted by atomic mass is 10.1. The maximum Gasteiger partial charge on any atom is 0.249 e. The summed E-state index contributed by atoms with van der Waals surface area (Å²) in [5.74, 6) is -0.0444. The van der Waals surface area contributed by atoms with E-state index in [0.29, 0.717) is 19.4 Å². The van der Waals surface area contributed by atoms with Crippen molar-refractivity contribution in [2.24, 2.45) is 0 Å². The SMILES string of the molecule is CCCC1NC(=O)CCN(c2ccccc2I)C1=O. The minimum atomic E-state index is -0.393. The molecule has 1 atom stereocenters. The summed E-state index contributed by atoms with van der Waals surface area (Å²) in [6.45, 7) is 2.46. The fraction of sp³-hybridized carbons (Fsp3) is 0.429. The van der Waals surface area contributed by atoms with Crippen molar-refractivity contribution >= 4 is 40.1 Å². The number of rotatable bonds is 3. The molecule has 1 saturated heterocycles. The van der Waals surface area contributed by atoms with E-state index in [0.717, 1.165) is 15.7 Å². The molecule has 0 bridgehead atoms. The summed E-state index contributed by atoms with van der Waals surface area (Å²) in [5.41, 5.74) is 0.894. The number of anilines is 1. The Morgan fingerprint density at radius 2 is 2.11 bits per heavy atom. The molecule has 2 rings (SSSR count). The molecule has 1 aliphatic heterocycles. The molecule has 102 valence electrons. The van der Waals surface area contributed by atoms with E-state index in [9.17, 15) is 9.59 Å². The fourth-order valence-electron chi connectivity index (χ4n) is 2.23. The van der Waals surface area contributed by atoms with Crippen LogP contribution in [0, 0.1) is 3.57 Å². The largest absolute Gasteiger partial charge is 0.344 e. The number of nitrogens with one attached hydrogen (secondary N) is 1. The summed E-state index contributed by atoms with van der Waals surface area (Å²) in [6, 6.07) is 7.37. The Kier molecular flexibility index (Phi) is 4.79. The number of carbonyl (C=O) groups is 2. The number of hydrogen-bond donors (Lipinski definition) is 1. The Morgan fingerprint density at radius 3 is 2.79 bits per heavy atom. The van der Waals surface area contributed by atoms with Gasteiger partial charge < -0.3 is 10.2 Å². The molecule has 0 spiro atoms. The third-order valence-corrected chi connectivity index (χ3v) is 4.09. The number of carbonyl (C=O) groups excluding carboxylic acids is 2. The molecule has 0 aliphatic carbocycles. The Morgan fingerprint density at radius 1 is 1.37 bits per heavy atom. The Balaban J connectivity index is 2.31. The van der Waals surface area contributed by atoms with E-state index in [4.69, 9.17) is 0 Å². The van der Waals surface area contributed by atoms with Gasteiger partial charge in [-0.15, -0.1) is 0 Å². The smallest absolute Gasteiger partial charge is 0.249 e. The van der Waals surface area contributed by atoms with E-state index in [1.54, 1.807) is 4.90 Å². The molecule has 1 heterocycles. The molecule has 0 aromatic heterocycles. The normalized spacial score (nSPS) is 20.1. The van der Waals surface area contributed by atoms with Gasteiger partial charge in [-0.25, -0.2) is 0 Å². The first-order valence-corrected chi connectivity index (χ1v) is 7.56. The predicted molar refractivity (Wildman–Crippen MR) is 83.0 cm³/mol. The lowest BCUT2D eigenvalue weighted by Crippen LogP contribution is -2.44. The first kappa shape index (κ1) is 14.3. The first-order valence-electron chi connectivity index (χ1n) is 6.48. The average molecular weight is 372 g/mol. The number of benzene rings is 1. The van der Waals surface area contributed by atoms with E-state index in [2.05, 4.69) is 27.9 Å². The van der Waals surface area contributed by atoms with Crippen molar-refractivity contribution in [1.82, 2.24) is 5.32 Å². The zero-order chi connectivity index (χ0) is 13.8. The minimum Gasteiger partial charge on any atom is -0.344 e. The molecule has 4 nitrogen and oxygen atoms in total. The van der Waals surface area contributed by atoms with E-state index >= 15 is 0 Å². The van der Waals surface area contributed by atoms with Crippen molar-refractivity contribution < 1.29 is 9.59 Å². The van der Waals surface area contributed by atoms with E-state index in [1.165, 1.54) is 0 Å². The number of hydrogen-bond acceptors (Lipinski definition) is 2. The third kappa shape index (κ3) is 3.26. The summed E-state index contributed by atoms with van der Waals surface area (Å²) in [7, 11) is 0. The maximum absolute atomic E-state index is 12.5. The molecule has 19 heavy (non-hydrogen) atoms. The van der Waals surface area contributed by atoms with Gasteiger partial charge in [-0.1, -0.05) is 25.5 Å². The van der Waals surface area contributed by atoms with Gasteiger partial charge in [0.05, 0.1) is 5.69 Å². The minimum absolute atomic E-state index is 0.00295. The zero-order valence-electron chi connectivity index (χ0n) is 10.9. The van der Waals surface area contributed by atoms with Gasteiger partial charge in [0.25, 0.3) is 0 Å². The molecule has 2 amide bonds. The Bertz CT molecular complexity index is 490. The molecule has 1 unspecified atom stereocenters. The lowest BCUT2D eigenvalue weighted by molar-refractivity contribution is -0.125. The second kappa shape index (κ2) is 6.36. The summed E-state index contributed by atoms with van der Waals surface area (Å²) in [4.78, 5) is 26.0. The van der Waals surface area contributed by atoms with Crippen LogP contribution in [0.3, 0.4) is 0 Å². The predicted octanol–water partition coefficient (Wildman–Crippen LogP) is 2.31. The van der Waals surface area contributed by atoms with Crippen LogP contribution in [-0.2, 0) is 9.59 Å². The van der Waals surface area contributed by atoms with E-state index in [1.807, 2.05) is 31.2 Å². The fourth-order valence-corrected chi connectivity index (χ4v) is 2.91. The maximum atomic E-state index is 12.5. The number of halogens is 1. The number of para-hydroxylation sites is 1. The summed E-state index contributed by atoms with van der Waals surface area (Å²) in [5, 5.41) is 2.82. The average Bonchev–Trinajstić information content (AvgIpc) is 2.52. The van der Waals surface area contributed by atoms with Gasteiger partial charge in [-0.2, -0.15) is 0 Å². The highest BCUT2D eigenvalue weighted by molar-refractivity contribution is 14.1.